The molecule has 3 aliphatic carbocycles. The summed E-state index contributed by atoms with van der Waals surface area (Å²) in [4.78, 5) is 0. The summed E-state index contributed by atoms with van der Waals surface area (Å²) in [5, 5.41) is 3.52. The Kier molecular flexibility index (Phi) is 4.98. The smallest absolute Gasteiger partial charge is 0.00416 e. The Hall–Kier alpha value is -0.300. The molecular formula is C22H39N. The molecule has 0 saturated heterocycles. The lowest BCUT2D eigenvalue weighted by Crippen LogP contribution is -2.41. The molecule has 1 nitrogen and oxygen atoms in total. The predicted octanol–water partition coefficient (Wildman–Crippen LogP) is 5.95. The number of rotatable bonds is 6. The monoisotopic (exact) mass is 317 g/mol. The Morgan fingerprint density at radius 1 is 1.30 bits per heavy atom. The van der Waals surface area contributed by atoms with E-state index in [9.17, 15) is 0 Å². The molecule has 0 aromatic heterocycles. The fraction of sp³-hybridized carbons (Fsp3) is 0.909. The highest BCUT2D eigenvalue weighted by atomic mass is 14.9. The molecule has 6 unspecified atom stereocenters. The Balaban J connectivity index is 1.98. The van der Waals surface area contributed by atoms with Gasteiger partial charge in [0.2, 0.25) is 0 Å². The number of hydrogen-bond donors (Lipinski definition) is 1. The molecule has 3 aliphatic rings. The van der Waals surface area contributed by atoms with E-state index in [4.69, 9.17) is 0 Å². The van der Waals surface area contributed by atoms with Crippen molar-refractivity contribution >= 4 is 0 Å². The maximum atomic E-state index is 3.52. The molecule has 1 N–H and O–H groups in total. The van der Waals surface area contributed by atoms with Crippen LogP contribution in [0.4, 0.5) is 0 Å². The van der Waals surface area contributed by atoms with Crippen molar-refractivity contribution in [2.24, 2.45) is 28.6 Å². The quantitative estimate of drug-likeness (QED) is 0.597. The van der Waals surface area contributed by atoms with Crippen molar-refractivity contribution in [1.29, 1.82) is 0 Å². The molecule has 23 heavy (non-hydrogen) atoms. The summed E-state index contributed by atoms with van der Waals surface area (Å²) >= 11 is 0. The van der Waals surface area contributed by atoms with Crippen LogP contribution in [-0.2, 0) is 0 Å². The average Bonchev–Trinajstić information content (AvgIpc) is 3.31. The fourth-order valence-corrected chi connectivity index (χ4v) is 6.66. The minimum Gasteiger partial charge on any atom is -0.317 e. The fourth-order valence-electron chi connectivity index (χ4n) is 6.66. The highest BCUT2D eigenvalue weighted by Gasteiger charge is 2.61. The third-order valence-electron chi connectivity index (χ3n) is 7.70. The van der Waals surface area contributed by atoms with Crippen LogP contribution >= 0.6 is 0 Å². The van der Waals surface area contributed by atoms with E-state index < -0.39 is 0 Å². The number of allylic oxidation sites excluding steroid dienone is 2. The molecule has 3 fully saturated rings. The Morgan fingerprint density at radius 2 is 2.09 bits per heavy atom. The summed E-state index contributed by atoms with van der Waals surface area (Å²) < 4.78 is 0. The van der Waals surface area contributed by atoms with Crippen LogP contribution < -0.4 is 5.32 Å². The number of hydrogen-bond acceptors (Lipinski definition) is 1. The van der Waals surface area contributed by atoms with E-state index in [2.05, 4.69) is 46.1 Å². The molecular weight excluding hydrogens is 278 g/mol. The first kappa shape index (κ1) is 17.5. The summed E-state index contributed by atoms with van der Waals surface area (Å²) in [7, 11) is 2.13. The summed E-state index contributed by atoms with van der Waals surface area (Å²) in [6, 6.07) is 0.634. The molecule has 0 aromatic rings. The number of fused-ring (bicyclic) bond motifs is 4. The molecule has 3 saturated carbocycles. The van der Waals surface area contributed by atoms with Gasteiger partial charge >= 0.3 is 0 Å². The van der Waals surface area contributed by atoms with E-state index in [1.807, 2.05) is 5.57 Å². The van der Waals surface area contributed by atoms with Crippen LogP contribution in [0.15, 0.2) is 11.6 Å². The van der Waals surface area contributed by atoms with Crippen molar-refractivity contribution in [2.45, 2.75) is 91.5 Å². The van der Waals surface area contributed by atoms with Crippen molar-refractivity contribution < 1.29 is 0 Å². The molecule has 0 aromatic carbocycles. The van der Waals surface area contributed by atoms with Gasteiger partial charge in [-0.05, 0) is 87.5 Å². The summed E-state index contributed by atoms with van der Waals surface area (Å²) in [6.45, 7) is 9.78. The van der Waals surface area contributed by atoms with Gasteiger partial charge in [0.05, 0.1) is 0 Å². The summed E-state index contributed by atoms with van der Waals surface area (Å²) in [5.74, 6) is 2.78. The van der Waals surface area contributed by atoms with Crippen molar-refractivity contribution in [1.82, 2.24) is 5.32 Å². The van der Waals surface area contributed by atoms with E-state index >= 15 is 0 Å². The standard InChI is InChI=1S/C22H39N/c1-6-9-17-18-14-20(18)22(10-7-2)12-8-11-21(4,15-22)19(17)13-16(3)23-5/h9,16,18-20,23H,6-8,10-15H2,1-5H3. The van der Waals surface area contributed by atoms with Crippen LogP contribution in [0.5, 0.6) is 0 Å². The van der Waals surface area contributed by atoms with Gasteiger partial charge in [-0.15, -0.1) is 0 Å². The van der Waals surface area contributed by atoms with Gasteiger partial charge in [0.25, 0.3) is 0 Å². The molecule has 0 radical (unpaired) electrons. The van der Waals surface area contributed by atoms with Gasteiger partial charge in [0.15, 0.2) is 0 Å². The van der Waals surface area contributed by atoms with Crippen molar-refractivity contribution in [3.63, 3.8) is 0 Å². The lowest BCUT2D eigenvalue weighted by molar-refractivity contribution is 0.0187. The zero-order valence-corrected chi connectivity index (χ0v) is 16.3. The first-order valence-corrected chi connectivity index (χ1v) is 10.4. The third-order valence-corrected chi connectivity index (χ3v) is 7.70. The largest absolute Gasteiger partial charge is 0.317 e. The third kappa shape index (κ3) is 3.03. The second-order valence-corrected chi connectivity index (χ2v) is 9.34. The highest BCUT2D eigenvalue weighted by molar-refractivity contribution is 5.28. The molecule has 6 atom stereocenters. The van der Waals surface area contributed by atoms with Crippen LogP contribution in [0.3, 0.4) is 0 Å². The minimum atomic E-state index is 0.549. The first-order valence-electron chi connectivity index (χ1n) is 10.4. The van der Waals surface area contributed by atoms with Gasteiger partial charge in [-0.2, -0.15) is 0 Å². The van der Waals surface area contributed by atoms with Crippen molar-refractivity contribution in [3.05, 3.63) is 11.6 Å². The van der Waals surface area contributed by atoms with Gasteiger partial charge in [0.1, 0.15) is 0 Å². The van der Waals surface area contributed by atoms with Crippen molar-refractivity contribution in [3.8, 4) is 0 Å². The zero-order chi connectivity index (χ0) is 16.7. The van der Waals surface area contributed by atoms with Crippen LogP contribution in [0.25, 0.3) is 0 Å². The predicted molar refractivity (Wildman–Crippen MR) is 101 cm³/mol. The van der Waals surface area contributed by atoms with E-state index in [0.29, 0.717) is 16.9 Å². The van der Waals surface area contributed by atoms with Crippen LogP contribution in [0.2, 0.25) is 0 Å². The van der Waals surface area contributed by atoms with Gasteiger partial charge in [-0.3, -0.25) is 0 Å². The Morgan fingerprint density at radius 3 is 2.74 bits per heavy atom. The molecule has 1 heteroatoms. The van der Waals surface area contributed by atoms with Crippen LogP contribution in [0.1, 0.15) is 85.5 Å². The topological polar surface area (TPSA) is 12.0 Å². The molecule has 0 amide bonds. The number of nitrogens with one attached hydrogen (secondary N) is 1. The van der Waals surface area contributed by atoms with E-state index in [1.165, 1.54) is 57.8 Å². The molecule has 0 aliphatic heterocycles. The van der Waals surface area contributed by atoms with Crippen LogP contribution in [0, 0.1) is 28.6 Å². The maximum absolute atomic E-state index is 3.52. The van der Waals surface area contributed by atoms with Gasteiger partial charge in [0, 0.05) is 6.04 Å². The van der Waals surface area contributed by atoms with Gasteiger partial charge in [-0.25, -0.2) is 0 Å². The van der Waals surface area contributed by atoms with Crippen LogP contribution in [-0.4, -0.2) is 13.1 Å². The second-order valence-electron chi connectivity index (χ2n) is 9.34. The molecule has 0 heterocycles. The first-order chi connectivity index (χ1) is 11.0. The van der Waals surface area contributed by atoms with E-state index in [0.717, 1.165) is 17.8 Å². The second kappa shape index (κ2) is 6.54. The molecule has 0 spiro atoms. The SMILES string of the molecule is CCC=C1C2CC2C2(CCC)CCCC(C)(C2)C1CC(C)NC. The Labute approximate surface area is 144 Å². The maximum Gasteiger partial charge on any atom is 0.00416 e. The van der Waals surface area contributed by atoms with Crippen molar-refractivity contribution in [2.75, 3.05) is 7.05 Å². The summed E-state index contributed by atoms with van der Waals surface area (Å²) in [5.41, 5.74) is 3.12. The lowest BCUT2D eigenvalue weighted by atomic mass is 9.55. The normalized spacial score (nSPS) is 45.4. The van der Waals surface area contributed by atoms with E-state index in [-0.39, 0.29) is 0 Å². The highest BCUT2D eigenvalue weighted by Crippen LogP contribution is 2.71. The van der Waals surface area contributed by atoms with E-state index in [1.54, 1.807) is 0 Å². The van der Waals surface area contributed by atoms with Gasteiger partial charge in [-0.1, -0.05) is 45.3 Å². The van der Waals surface area contributed by atoms with Gasteiger partial charge < -0.3 is 5.32 Å². The Bertz CT molecular complexity index is 449. The molecule has 3 rings (SSSR count). The molecule has 132 valence electrons. The zero-order valence-electron chi connectivity index (χ0n) is 16.3. The lowest BCUT2D eigenvalue weighted by Gasteiger charge is -2.50. The summed E-state index contributed by atoms with van der Waals surface area (Å²) in [6.07, 6.45) is 15.5. The average molecular weight is 318 g/mol. The minimum absolute atomic E-state index is 0.549. The molecule has 2 bridgehead atoms.